The molecule has 0 fully saturated rings. The van der Waals surface area contributed by atoms with E-state index < -0.39 is 0 Å². The lowest BCUT2D eigenvalue weighted by Gasteiger charge is -2.09. The van der Waals surface area contributed by atoms with Crippen LogP contribution in [0.5, 0.6) is 0 Å². The van der Waals surface area contributed by atoms with Gasteiger partial charge in [-0.05, 0) is 12.8 Å². The molecule has 134 valence electrons. The first-order chi connectivity index (χ1) is 10.8. The fraction of sp³-hybridized carbons (Fsp3) is 1.00. The zero-order valence-corrected chi connectivity index (χ0v) is 15.3. The number of aliphatic hydroxyl groups excluding tert-OH is 1. The Bertz CT molecular complexity index is 196. The maximum atomic E-state index is 8.78. The summed E-state index contributed by atoms with van der Waals surface area (Å²) in [6.07, 6.45) is 22.9. The van der Waals surface area contributed by atoms with Gasteiger partial charge in [0.15, 0.2) is 0 Å². The maximum Gasteiger partial charge on any atom is 0.0445 e. The van der Waals surface area contributed by atoms with Crippen molar-refractivity contribution in [3.05, 3.63) is 0 Å². The van der Waals surface area contributed by atoms with E-state index in [1.165, 1.54) is 96.3 Å². The summed E-state index contributed by atoms with van der Waals surface area (Å²) in [6.45, 7) is 2.52. The zero-order chi connectivity index (χ0) is 16.3. The number of nitrogens with two attached hydrogens (primary N) is 1. The van der Waals surface area contributed by atoms with Crippen molar-refractivity contribution < 1.29 is 5.11 Å². The molecule has 0 spiro atoms. The smallest absolute Gasteiger partial charge is 0.0445 e. The first-order valence-electron chi connectivity index (χ1n) is 10.2. The van der Waals surface area contributed by atoms with Gasteiger partial charge in [0.05, 0.1) is 0 Å². The molecule has 0 aliphatic rings. The minimum absolute atomic E-state index is 0.215. The summed E-state index contributed by atoms with van der Waals surface area (Å²) >= 11 is 0. The quantitative estimate of drug-likeness (QED) is 0.307. The van der Waals surface area contributed by atoms with Gasteiger partial charge in [0.25, 0.3) is 0 Å². The average Bonchev–Trinajstić information content (AvgIpc) is 2.51. The van der Waals surface area contributed by atoms with Gasteiger partial charge in [0, 0.05) is 12.6 Å². The zero-order valence-electron chi connectivity index (χ0n) is 15.3. The Labute approximate surface area is 140 Å². The largest absolute Gasteiger partial charge is 0.396 e. The molecule has 0 aliphatic carbocycles. The van der Waals surface area contributed by atoms with E-state index in [1.54, 1.807) is 0 Å². The monoisotopic (exact) mass is 313 g/mol. The van der Waals surface area contributed by atoms with Gasteiger partial charge in [-0.25, -0.2) is 0 Å². The number of hydrogen-bond acceptors (Lipinski definition) is 2. The molecular formula is C20H43NO. The van der Waals surface area contributed by atoms with Crippen molar-refractivity contribution in [2.45, 2.75) is 122 Å². The summed E-state index contributed by atoms with van der Waals surface area (Å²) in [5.41, 5.74) is 5.88. The van der Waals surface area contributed by atoms with Gasteiger partial charge < -0.3 is 10.8 Å². The lowest BCUT2D eigenvalue weighted by molar-refractivity contribution is 0.271. The number of aliphatic hydroxyl groups is 1. The molecule has 3 N–H and O–H groups in total. The van der Waals surface area contributed by atoms with E-state index >= 15 is 0 Å². The predicted molar refractivity (Wildman–Crippen MR) is 99.2 cm³/mol. The summed E-state index contributed by atoms with van der Waals surface area (Å²) in [5, 5.41) is 8.78. The van der Waals surface area contributed by atoms with Crippen LogP contribution in [0.1, 0.15) is 116 Å². The van der Waals surface area contributed by atoms with Crippen LogP contribution >= 0.6 is 0 Å². The van der Waals surface area contributed by atoms with Gasteiger partial charge in [-0.1, -0.05) is 103 Å². The molecule has 0 aromatic heterocycles. The third kappa shape index (κ3) is 18.0. The Morgan fingerprint density at radius 2 is 0.955 bits per heavy atom. The van der Waals surface area contributed by atoms with Crippen LogP contribution in [0, 0.1) is 0 Å². The molecule has 0 bridgehead atoms. The summed E-state index contributed by atoms with van der Waals surface area (Å²) in [5.74, 6) is 0. The van der Waals surface area contributed by atoms with Crippen LogP contribution in [0.3, 0.4) is 0 Å². The summed E-state index contributed by atoms with van der Waals surface area (Å²) in [7, 11) is 0. The number of rotatable bonds is 18. The predicted octanol–water partition coefficient (Wildman–Crippen LogP) is 5.96. The molecule has 0 aliphatic heterocycles. The highest BCUT2D eigenvalue weighted by molar-refractivity contribution is 4.60. The second-order valence-corrected chi connectivity index (χ2v) is 7.01. The van der Waals surface area contributed by atoms with Crippen LogP contribution in [0.15, 0.2) is 0 Å². The lowest BCUT2D eigenvalue weighted by Crippen LogP contribution is -2.20. The molecule has 2 heteroatoms. The van der Waals surface area contributed by atoms with Crippen LogP contribution in [-0.2, 0) is 0 Å². The molecule has 0 saturated heterocycles. The fourth-order valence-corrected chi connectivity index (χ4v) is 3.09. The van der Waals surface area contributed by atoms with Crippen molar-refractivity contribution in [1.82, 2.24) is 0 Å². The second kappa shape index (κ2) is 19.0. The molecule has 0 saturated carbocycles. The summed E-state index contributed by atoms with van der Waals surface area (Å²) < 4.78 is 0. The van der Waals surface area contributed by atoms with E-state index in [0.29, 0.717) is 0 Å². The van der Waals surface area contributed by atoms with E-state index in [0.717, 1.165) is 12.8 Å². The van der Waals surface area contributed by atoms with E-state index in [2.05, 4.69) is 6.92 Å². The topological polar surface area (TPSA) is 46.2 Å². The highest BCUT2D eigenvalue weighted by atomic mass is 16.3. The first kappa shape index (κ1) is 21.9. The molecule has 2 nitrogen and oxygen atoms in total. The number of unbranched alkanes of at least 4 members (excludes halogenated alkanes) is 14. The Balaban J connectivity index is 3.00. The van der Waals surface area contributed by atoms with E-state index in [4.69, 9.17) is 10.8 Å². The second-order valence-electron chi connectivity index (χ2n) is 7.01. The lowest BCUT2D eigenvalue weighted by atomic mass is 10.0. The van der Waals surface area contributed by atoms with Crippen LogP contribution in [0.4, 0.5) is 0 Å². The first-order valence-corrected chi connectivity index (χ1v) is 10.2. The average molecular weight is 314 g/mol. The Morgan fingerprint density at radius 3 is 1.32 bits per heavy atom. The molecule has 1 unspecified atom stereocenters. The molecule has 0 rings (SSSR count). The maximum absolute atomic E-state index is 8.78. The Hall–Kier alpha value is -0.0800. The number of hydrogen-bond donors (Lipinski definition) is 2. The Kier molecular flexibility index (Phi) is 18.9. The van der Waals surface area contributed by atoms with Crippen LogP contribution in [0.25, 0.3) is 0 Å². The fourth-order valence-electron chi connectivity index (χ4n) is 3.09. The van der Waals surface area contributed by atoms with Crippen LogP contribution < -0.4 is 5.73 Å². The Morgan fingerprint density at radius 1 is 0.591 bits per heavy atom. The highest BCUT2D eigenvalue weighted by Crippen LogP contribution is 2.14. The van der Waals surface area contributed by atoms with Crippen LogP contribution in [-0.4, -0.2) is 17.8 Å². The van der Waals surface area contributed by atoms with Crippen molar-refractivity contribution in [2.75, 3.05) is 6.61 Å². The van der Waals surface area contributed by atoms with Crippen molar-refractivity contribution in [3.8, 4) is 0 Å². The van der Waals surface area contributed by atoms with Gasteiger partial charge in [-0.15, -0.1) is 0 Å². The molecule has 0 amide bonds. The third-order valence-corrected chi connectivity index (χ3v) is 4.68. The summed E-state index contributed by atoms with van der Waals surface area (Å²) in [6, 6.07) is 0.215. The third-order valence-electron chi connectivity index (χ3n) is 4.68. The molecule has 0 aromatic rings. The SMILES string of the molecule is CCCCCCCCCCCCCCCCCC(N)CCO. The minimum atomic E-state index is 0.215. The van der Waals surface area contributed by atoms with Crippen molar-refractivity contribution in [1.29, 1.82) is 0 Å². The van der Waals surface area contributed by atoms with Gasteiger partial charge in [-0.2, -0.15) is 0 Å². The van der Waals surface area contributed by atoms with E-state index in [-0.39, 0.29) is 12.6 Å². The molecule has 22 heavy (non-hydrogen) atoms. The van der Waals surface area contributed by atoms with Gasteiger partial charge >= 0.3 is 0 Å². The molecule has 1 atom stereocenters. The van der Waals surface area contributed by atoms with Gasteiger partial charge in [-0.3, -0.25) is 0 Å². The standard InChI is InChI=1S/C20H43NO/c1-2-3-4-5-6-7-8-9-10-11-12-13-14-15-16-17-20(21)18-19-22/h20,22H,2-19,21H2,1H3. The molecular weight excluding hydrogens is 270 g/mol. The van der Waals surface area contributed by atoms with Crippen LogP contribution in [0.2, 0.25) is 0 Å². The minimum Gasteiger partial charge on any atom is -0.396 e. The van der Waals surface area contributed by atoms with E-state index in [1.807, 2.05) is 0 Å². The summed E-state index contributed by atoms with van der Waals surface area (Å²) in [4.78, 5) is 0. The molecule has 0 radical (unpaired) electrons. The molecule has 0 heterocycles. The van der Waals surface area contributed by atoms with E-state index in [9.17, 15) is 0 Å². The van der Waals surface area contributed by atoms with Gasteiger partial charge in [0.1, 0.15) is 0 Å². The molecule has 0 aromatic carbocycles. The van der Waals surface area contributed by atoms with Crippen molar-refractivity contribution in [2.24, 2.45) is 5.73 Å². The van der Waals surface area contributed by atoms with Crippen molar-refractivity contribution >= 4 is 0 Å². The van der Waals surface area contributed by atoms with Crippen molar-refractivity contribution in [3.63, 3.8) is 0 Å². The highest BCUT2D eigenvalue weighted by Gasteiger charge is 2.00. The van der Waals surface area contributed by atoms with Gasteiger partial charge in [0.2, 0.25) is 0 Å². The normalized spacial score (nSPS) is 12.7.